The standard InChI is InChI=1S/C20H17FN4O/c21-16-8-10-24(11-9-16)20(26)17-13-23-25-18(2-1-3-19(17)25)15-6-4-14(12-22)5-7-15/h1-7,13,16H,8-11H2. The molecule has 4 rings (SSSR count). The van der Waals surface area contributed by atoms with Crippen LogP contribution in [0.3, 0.4) is 0 Å². The topological polar surface area (TPSA) is 61.4 Å². The van der Waals surface area contributed by atoms with Crippen LogP contribution in [-0.4, -0.2) is 39.7 Å². The van der Waals surface area contributed by atoms with Gasteiger partial charge in [0.1, 0.15) is 6.17 Å². The molecule has 0 aliphatic carbocycles. The van der Waals surface area contributed by atoms with Crippen molar-refractivity contribution in [3.8, 4) is 17.3 Å². The smallest absolute Gasteiger partial charge is 0.257 e. The number of halogens is 1. The van der Waals surface area contributed by atoms with Crippen LogP contribution in [-0.2, 0) is 0 Å². The number of carbonyl (C=O) groups excluding carboxylic acids is 1. The molecule has 130 valence electrons. The van der Waals surface area contributed by atoms with Crippen molar-refractivity contribution < 1.29 is 9.18 Å². The summed E-state index contributed by atoms with van der Waals surface area (Å²) < 4.78 is 15.1. The molecule has 0 spiro atoms. The molecule has 1 aromatic carbocycles. The maximum absolute atomic E-state index is 13.3. The van der Waals surface area contributed by atoms with Crippen molar-refractivity contribution in [3.05, 3.63) is 59.8 Å². The summed E-state index contributed by atoms with van der Waals surface area (Å²) in [5, 5.41) is 13.3. The van der Waals surface area contributed by atoms with Crippen molar-refractivity contribution in [1.29, 1.82) is 5.26 Å². The Balaban J connectivity index is 1.71. The number of nitriles is 1. The molecule has 0 unspecified atom stereocenters. The van der Waals surface area contributed by atoms with E-state index in [-0.39, 0.29) is 5.91 Å². The van der Waals surface area contributed by atoms with Crippen LogP contribution >= 0.6 is 0 Å². The number of nitrogens with zero attached hydrogens (tertiary/aromatic N) is 4. The Morgan fingerprint density at radius 2 is 1.88 bits per heavy atom. The Kier molecular flexibility index (Phi) is 4.13. The number of aromatic nitrogens is 2. The number of hydrogen-bond donors (Lipinski definition) is 0. The van der Waals surface area contributed by atoms with Gasteiger partial charge in [0.15, 0.2) is 0 Å². The van der Waals surface area contributed by atoms with Crippen molar-refractivity contribution >= 4 is 11.4 Å². The Hall–Kier alpha value is -3.20. The third-order valence-corrected chi connectivity index (χ3v) is 4.79. The van der Waals surface area contributed by atoms with Gasteiger partial charge in [-0.05, 0) is 37.1 Å². The average Bonchev–Trinajstić information content (AvgIpc) is 3.12. The Labute approximate surface area is 150 Å². The molecular weight excluding hydrogens is 331 g/mol. The van der Waals surface area contributed by atoms with Crippen LogP contribution in [0.5, 0.6) is 0 Å². The summed E-state index contributed by atoms with van der Waals surface area (Å²) in [4.78, 5) is 14.5. The van der Waals surface area contributed by atoms with Crippen LogP contribution in [0.25, 0.3) is 16.8 Å². The highest BCUT2D eigenvalue weighted by Crippen LogP contribution is 2.24. The summed E-state index contributed by atoms with van der Waals surface area (Å²) in [5.41, 5.74) is 3.59. The number of pyridine rings is 1. The molecule has 1 saturated heterocycles. The van der Waals surface area contributed by atoms with Crippen LogP contribution < -0.4 is 0 Å². The van der Waals surface area contributed by atoms with E-state index in [1.165, 1.54) is 0 Å². The molecule has 1 amide bonds. The summed E-state index contributed by atoms with van der Waals surface area (Å²) in [5.74, 6) is -0.108. The van der Waals surface area contributed by atoms with E-state index < -0.39 is 6.17 Å². The maximum Gasteiger partial charge on any atom is 0.257 e. The third kappa shape index (κ3) is 2.82. The molecule has 6 heteroatoms. The predicted octanol–water partition coefficient (Wildman–Crippen LogP) is 3.45. The Morgan fingerprint density at radius 1 is 1.15 bits per heavy atom. The lowest BCUT2D eigenvalue weighted by Crippen LogP contribution is -2.39. The van der Waals surface area contributed by atoms with E-state index in [0.29, 0.717) is 37.1 Å². The van der Waals surface area contributed by atoms with E-state index in [1.807, 2.05) is 30.3 Å². The van der Waals surface area contributed by atoms with Gasteiger partial charge < -0.3 is 4.90 Å². The Bertz CT molecular complexity index is 995. The van der Waals surface area contributed by atoms with Gasteiger partial charge in [0, 0.05) is 18.7 Å². The van der Waals surface area contributed by atoms with Crippen LogP contribution in [0.15, 0.2) is 48.7 Å². The normalized spacial score (nSPS) is 15.2. The summed E-state index contributed by atoms with van der Waals surface area (Å²) in [7, 11) is 0. The summed E-state index contributed by atoms with van der Waals surface area (Å²) >= 11 is 0. The van der Waals surface area contributed by atoms with Gasteiger partial charge in [-0.3, -0.25) is 4.79 Å². The second kappa shape index (κ2) is 6.60. The largest absolute Gasteiger partial charge is 0.338 e. The molecule has 3 heterocycles. The first-order chi connectivity index (χ1) is 12.7. The number of carbonyl (C=O) groups is 1. The first-order valence-corrected chi connectivity index (χ1v) is 8.58. The molecule has 0 N–H and O–H groups in total. The summed E-state index contributed by atoms with van der Waals surface area (Å²) in [6.45, 7) is 0.874. The summed E-state index contributed by atoms with van der Waals surface area (Å²) in [6, 6.07) is 15.0. The number of likely N-dealkylation sites (tertiary alicyclic amines) is 1. The third-order valence-electron chi connectivity index (χ3n) is 4.79. The molecule has 3 aromatic rings. The average molecular weight is 348 g/mol. The first kappa shape index (κ1) is 16.3. The second-order valence-electron chi connectivity index (χ2n) is 6.42. The van der Waals surface area contributed by atoms with Gasteiger partial charge in [0.25, 0.3) is 5.91 Å². The fourth-order valence-electron chi connectivity index (χ4n) is 3.33. The fourth-order valence-corrected chi connectivity index (χ4v) is 3.33. The molecule has 0 radical (unpaired) electrons. The highest BCUT2D eigenvalue weighted by Gasteiger charge is 2.25. The monoisotopic (exact) mass is 348 g/mol. The van der Waals surface area contributed by atoms with Crippen LogP contribution in [0, 0.1) is 11.3 Å². The SMILES string of the molecule is N#Cc1ccc(-c2cccc3c(C(=O)N4CCC(F)CC4)cnn23)cc1. The van der Waals surface area contributed by atoms with Gasteiger partial charge >= 0.3 is 0 Å². The molecule has 26 heavy (non-hydrogen) atoms. The van der Waals surface area contributed by atoms with E-state index >= 15 is 0 Å². The fraction of sp³-hybridized carbons (Fsp3) is 0.250. The molecule has 0 atom stereocenters. The van der Waals surface area contributed by atoms with Crippen molar-refractivity contribution in [2.75, 3.05) is 13.1 Å². The van der Waals surface area contributed by atoms with Gasteiger partial charge in [-0.2, -0.15) is 10.4 Å². The first-order valence-electron chi connectivity index (χ1n) is 8.58. The number of rotatable bonds is 2. The zero-order valence-electron chi connectivity index (χ0n) is 14.1. The quantitative estimate of drug-likeness (QED) is 0.713. The van der Waals surface area contributed by atoms with E-state index in [0.717, 1.165) is 16.8 Å². The zero-order valence-corrected chi connectivity index (χ0v) is 14.1. The van der Waals surface area contributed by atoms with Crippen LogP contribution in [0.2, 0.25) is 0 Å². The van der Waals surface area contributed by atoms with Gasteiger partial charge in [0.2, 0.25) is 0 Å². The molecule has 1 fully saturated rings. The van der Waals surface area contributed by atoms with Crippen molar-refractivity contribution in [3.63, 3.8) is 0 Å². The molecule has 0 bridgehead atoms. The predicted molar refractivity (Wildman–Crippen MR) is 95.4 cm³/mol. The van der Waals surface area contributed by atoms with Gasteiger partial charge in [-0.1, -0.05) is 18.2 Å². The lowest BCUT2D eigenvalue weighted by atomic mass is 10.1. The molecule has 0 saturated carbocycles. The van der Waals surface area contributed by atoms with Gasteiger partial charge in [-0.25, -0.2) is 8.91 Å². The minimum atomic E-state index is -0.814. The number of alkyl halides is 1. The van der Waals surface area contributed by atoms with Gasteiger partial charge in [-0.15, -0.1) is 0 Å². The highest BCUT2D eigenvalue weighted by molar-refractivity contribution is 6.01. The van der Waals surface area contributed by atoms with E-state index in [2.05, 4.69) is 11.2 Å². The van der Waals surface area contributed by atoms with E-state index in [4.69, 9.17) is 5.26 Å². The lowest BCUT2D eigenvalue weighted by Gasteiger charge is -2.28. The van der Waals surface area contributed by atoms with Crippen LogP contribution in [0.1, 0.15) is 28.8 Å². The number of benzene rings is 1. The molecular formula is C20H17FN4O. The molecule has 5 nitrogen and oxygen atoms in total. The summed E-state index contributed by atoms with van der Waals surface area (Å²) in [6.07, 6.45) is 1.54. The zero-order chi connectivity index (χ0) is 18.1. The minimum absolute atomic E-state index is 0.108. The van der Waals surface area contributed by atoms with E-state index in [9.17, 15) is 9.18 Å². The minimum Gasteiger partial charge on any atom is -0.338 e. The van der Waals surface area contributed by atoms with Crippen molar-refractivity contribution in [2.45, 2.75) is 19.0 Å². The maximum atomic E-state index is 13.3. The lowest BCUT2D eigenvalue weighted by molar-refractivity contribution is 0.0669. The highest BCUT2D eigenvalue weighted by atomic mass is 19.1. The number of fused-ring (bicyclic) bond motifs is 1. The van der Waals surface area contributed by atoms with Gasteiger partial charge in [0.05, 0.1) is 34.6 Å². The van der Waals surface area contributed by atoms with Crippen molar-refractivity contribution in [2.24, 2.45) is 0 Å². The Morgan fingerprint density at radius 3 is 2.58 bits per heavy atom. The second-order valence-corrected chi connectivity index (χ2v) is 6.42. The molecule has 1 aliphatic rings. The van der Waals surface area contributed by atoms with Crippen LogP contribution in [0.4, 0.5) is 4.39 Å². The van der Waals surface area contributed by atoms with Crippen molar-refractivity contribution in [1.82, 2.24) is 14.5 Å². The van der Waals surface area contributed by atoms with E-state index in [1.54, 1.807) is 27.7 Å². The number of piperidine rings is 1. The molecule has 1 aliphatic heterocycles. The number of hydrogen-bond acceptors (Lipinski definition) is 3. The number of amides is 1. The molecule has 2 aromatic heterocycles.